The molecule has 1 heterocycles. The molecule has 0 bridgehead atoms. The summed E-state index contributed by atoms with van der Waals surface area (Å²) in [5.41, 5.74) is 0.551. The van der Waals surface area contributed by atoms with E-state index in [2.05, 4.69) is 21.2 Å². The van der Waals surface area contributed by atoms with Crippen molar-refractivity contribution in [1.29, 1.82) is 0 Å². The molecule has 0 atom stereocenters. The number of hydrogen-bond donors (Lipinski definition) is 1. The van der Waals surface area contributed by atoms with E-state index in [0.717, 1.165) is 30.2 Å². The molecule has 1 N–H and O–H groups in total. The number of carbonyl (C=O) groups is 2. The van der Waals surface area contributed by atoms with E-state index < -0.39 is 24.3 Å². The van der Waals surface area contributed by atoms with Crippen LogP contribution in [0.3, 0.4) is 0 Å². The van der Waals surface area contributed by atoms with Crippen LogP contribution in [0, 0.1) is 0 Å². The molecule has 1 aliphatic carbocycles. The van der Waals surface area contributed by atoms with Crippen molar-refractivity contribution in [2.24, 2.45) is 0 Å². The molecule has 2 aromatic carbocycles. The maximum absolute atomic E-state index is 12.1. The molecule has 8 heteroatoms. The van der Waals surface area contributed by atoms with Crippen LogP contribution in [0.1, 0.15) is 25.7 Å². The molecular weight excluding hydrogens is 442 g/mol. The van der Waals surface area contributed by atoms with E-state index in [1.165, 1.54) is 0 Å². The topological polar surface area (TPSA) is 83.1 Å². The lowest BCUT2D eigenvalue weighted by Gasteiger charge is -2.21. The summed E-state index contributed by atoms with van der Waals surface area (Å²) in [4.78, 5) is 23.8. The first kappa shape index (κ1) is 19.6. The molecule has 2 aromatic rings. The molecule has 29 heavy (non-hydrogen) atoms. The first-order valence-corrected chi connectivity index (χ1v) is 10.2. The molecule has 2 aliphatic rings. The molecule has 1 fully saturated rings. The van der Waals surface area contributed by atoms with Gasteiger partial charge >= 0.3 is 5.97 Å². The molecule has 0 saturated heterocycles. The molecule has 1 spiro atoms. The van der Waals surface area contributed by atoms with Crippen LogP contribution in [0.25, 0.3) is 0 Å². The second-order valence-electron chi connectivity index (χ2n) is 6.93. The second-order valence-corrected chi connectivity index (χ2v) is 7.85. The fourth-order valence-electron chi connectivity index (χ4n) is 3.35. The average molecular weight is 462 g/mol. The number of fused-ring (bicyclic) bond motifs is 1. The van der Waals surface area contributed by atoms with Gasteiger partial charge < -0.3 is 24.3 Å². The summed E-state index contributed by atoms with van der Waals surface area (Å²) in [6.07, 6.45) is 3.88. The molecule has 1 amide bonds. The molecule has 1 aliphatic heterocycles. The lowest BCUT2D eigenvalue weighted by atomic mass is 10.2. The summed E-state index contributed by atoms with van der Waals surface area (Å²) in [5, 5.41) is 2.69. The number of ether oxygens (including phenoxy) is 4. The number of hydrogen-bond acceptors (Lipinski definition) is 6. The Bertz CT molecular complexity index is 908. The van der Waals surface area contributed by atoms with E-state index in [1.807, 2.05) is 0 Å². The van der Waals surface area contributed by atoms with Crippen molar-refractivity contribution in [3.63, 3.8) is 0 Å². The smallest absolute Gasteiger partial charge is 0.344 e. The normalized spacial score (nSPS) is 15.9. The van der Waals surface area contributed by atoms with Gasteiger partial charge in [-0.25, -0.2) is 4.79 Å². The molecule has 7 nitrogen and oxygen atoms in total. The van der Waals surface area contributed by atoms with Gasteiger partial charge in [-0.3, -0.25) is 4.79 Å². The summed E-state index contributed by atoms with van der Waals surface area (Å²) in [5.74, 6) is 0.212. The molecule has 152 valence electrons. The van der Waals surface area contributed by atoms with Crippen molar-refractivity contribution >= 4 is 33.5 Å². The van der Waals surface area contributed by atoms with E-state index in [4.69, 9.17) is 18.9 Å². The molecule has 0 radical (unpaired) electrons. The Morgan fingerprint density at radius 1 is 1.00 bits per heavy atom. The van der Waals surface area contributed by atoms with Crippen LogP contribution in [0.4, 0.5) is 5.69 Å². The van der Waals surface area contributed by atoms with Gasteiger partial charge in [0.25, 0.3) is 11.7 Å². The van der Waals surface area contributed by atoms with Crippen molar-refractivity contribution in [3.8, 4) is 17.2 Å². The number of anilines is 1. The van der Waals surface area contributed by atoms with Crippen LogP contribution < -0.4 is 19.5 Å². The first-order chi connectivity index (χ1) is 14.0. The van der Waals surface area contributed by atoms with Gasteiger partial charge in [-0.1, -0.05) is 15.9 Å². The monoisotopic (exact) mass is 461 g/mol. The predicted octanol–water partition coefficient (Wildman–Crippen LogP) is 4.05. The van der Waals surface area contributed by atoms with Crippen LogP contribution in [-0.2, 0) is 14.3 Å². The Morgan fingerprint density at radius 2 is 1.72 bits per heavy atom. The highest BCUT2D eigenvalue weighted by molar-refractivity contribution is 9.10. The SMILES string of the molecule is O=C(COC(=O)COc1ccc(Br)cc1)Nc1ccc2c(c1)OC1(CCCC1)O2. The Kier molecular flexibility index (Phi) is 5.62. The van der Waals surface area contributed by atoms with Crippen molar-refractivity contribution < 1.29 is 28.5 Å². The number of carbonyl (C=O) groups excluding carboxylic acids is 2. The third-order valence-electron chi connectivity index (χ3n) is 4.72. The van der Waals surface area contributed by atoms with Gasteiger partial charge in [-0.05, 0) is 49.2 Å². The van der Waals surface area contributed by atoms with Gasteiger partial charge in [0.2, 0.25) is 0 Å². The quantitative estimate of drug-likeness (QED) is 0.653. The summed E-state index contributed by atoms with van der Waals surface area (Å²) in [6.45, 7) is -0.679. The second kappa shape index (κ2) is 8.32. The van der Waals surface area contributed by atoms with Gasteiger partial charge in [0.15, 0.2) is 24.7 Å². The van der Waals surface area contributed by atoms with Crippen molar-refractivity contribution in [3.05, 3.63) is 46.9 Å². The lowest BCUT2D eigenvalue weighted by molar-refractivity contribution is -0.149. The standard InChI is InChI=1S/C21H20BrNO6/c22-14-3-6-16(7-4-14)26-13-20(25)27-12-19(24)23-15-5-8-17-18(11-15)29-21(28-17)9-1-2-10-21/h3-8,11H,1-2,9-10,12-13H2,(H,23,24). The van der Waals surface area contributed by atoms with Gasteiger partial charge in [-0.15, -0.1) is 0 Å². The highest BCUT2D eigenvalue weighted by atomic mass is 79.9. The van der Waals surface area contributed by atoms with Gasteiger partial charge in [-0.2, -0.15) is 0 Å². The number of halogens is 1. The van der Waals surface area contributed by atoms with Crippen LogP contribution in [0.2, 0.25) is 0 Å². The summed E-state index contributed by atoms with van der Waals surface area (Å²) in [7, 11) is 0. The Hall–Kier alpha value is -2.74. The highest BCUT2D eigenvalue weighted by Crippen LogP contribution is 2.47. The average Bonchev–Trinajstić information content (AvgIpc) is 3.31. The number of nitrogens with one attached hydrogen (secondary N) is 1. The molecule has 0 aromatic heterocycles. The van der Waals surface area contributed by atoms with Crippen LogP contribution in [0.15, 0.2) is 46.9 Å². The maximum atomic E-state index is 12.1. The van der Waals surface area contributed by atoms with E-state index in [1.54, 1.807) is 42.5 Å². The Balaban J connectivity index is 1.23. The summed E-state index contributed by atoms with van der Waals surface area (Å²) < 4.78 is 23.1. The van der Waals surface area contributed by atoms with Gasteiger partial charge in [0.05, 0.1) is 0 Å². The fourth-order valence-corrected chi connectivity index (χ4v) is 3.61. The van der Waals surface area contributed by atoms with Gasteiger partial charge in [0, 0.05) is 29.1 Å². The van der Waals surface area contributed by atoms with E-state index in [9.17, 15) is 9.59 Å². The van der Waals surface area contributed by atoms with Crippen molar-refractivity contribution in [2.75, 3.05) is 18.5 Å². The van der Waals surface area contributed by atoms with E-state index in [-0.39, 0.29) is 6.61 Å². The maximum Gasteiger partial charge on any atom is 0.344 e. The minimum absolute atomic E-state index is 0.277. The van der Waals surface area contributed by atoms with Crippen molar-refractivity contribution in [2.45, 2.75) is 31.5 Å². The lowest BCUT2D eigenvalue weighted by Crippen LogP contribution is -2.34. The minimum Gasteiger partial charge on any atom is -0.482 e. The number of amides is 1. The van der Waals surface area contributed by atoms with Crippen LogP contribution in [-0.4, -0.2) is 30.9 Å². The summed E-state index contributed by atoms with van der Waals surface area (Å²) in [6, 6.07) is 12.3. The zero-order valence-electron chi connectivity index (χ0n) is 15.6. The minimum atomic E-state index is -0.628. The van der Waals surface area contributed by atoms with Crippen LogP contribution >= 0.6 is 15.9 Å². The zero-order valence-corrected chi connectivity index (χ0v) is 17.2. The number of esters is 1. The van der Waals surface area contributed by atoms with E-state index in [0.29, 0.717) is 22.9 Å². The Morgan fingerprint density at radius 3 is 2.48 bits per heavy atom. The number of benzene rings is 2. The molecule has 1 saturated carbocycles. The van der Waals surface area contributed by atoms with E-state index >= 15 is 0 Å². The zero-order chi connectivity index (χ0) is 20.3. The molecule has 4 rings (SSSR count). The fraction of sp³-hybridized carbons (Fsp3) is 0.333. The predicted molar refractivity (Wildman–Crippen MR) is 108 cm³/mol. The third-order valence-corrected chi connectivity index (χ3v) is 5.25. The molecule has 0 unspecified atom stereocenters. The van der Waals surface area contributed by atoms with Crippen molar-refractivity contribution in [1.82, 2.24) is 0 Å². The largest absolute Gasteiger partial charge is 0.482 e. The Labute approximate surface area is 176 Å². The number of rotatable bonds is 6. The first-order valence-electron chi connectivity index (χ1n) is 9.37. The molecular formula is C21H20BrNO6. The third kappa shape index (κ3) is 4.82. The summed E-state index contributed by atoms with van der Waals surface area (Å²) >= 11 is 3.32. The van der Waals surface area contributed by atoms with Crippen LogP contribution in [0.5, 0.6) is 17.2 Å². The van der Waals surface area contributed by atoms with Gasteiger partial charge in [0.1, 0.15) is 5.75 Å². The highest BCUT2D eigenvalue weighted by Gasteiger charge is 2.44.